The molecular weight excluding hydrogens is 202 g/mol. The summed E-state index contributed by atoms with van der Waals surface area (Å²) in [5.74, 6) is -0.761. The second kappa shape index (κ2) is 4.09. The van der Waals surface area contributed by atoms with E-state index in [0.717, 1.165) is 6.20 Å². The number of hydrogen-bond acceptors (Lipinski definition) is 5. The van der Waals surface area contributed by atoms with Crippen LogP contribution in [0.1, 0.15) is 12.5 Å². The molecule has 0 spiro atoms. The van der Waals surface area contributed by atoms with Crippen molar-refractivity contribution < 1.29 is 9.63 Å². The van der Waals surface area contributed by atoms with Crippen molar-refractivity contribution in [2.75, 3.05) is 0 Å². The Hall–Kier alpha value is -1.89. The minimum Gasteiger partial charge on any atom is -0.330 e. The summed E-state index contributed by atoms with van der Waals surface area (Å²) >= 11 is 0. The van der Waals surface area contributed by atoms with E-state index in [1.54, 1.807) is 0 Å². The molecule has 15 heavy (non-hydrogen) atoms. The molecule has 1 atom stereocenters. The van der Waals surface area contributed by atoms with E-state index < -0.39 is 23.3 Å². The molecule has 0 aromatic carbocycles. The lowest BCUT2D eigenvalue weighted by Gasteiger charge is -2.07. The van der Waals surface area contributed by atoms with E-state index >= 15 is 0 Å². The molecule has 0 saturated carbocycles. The first kappa shape index (κ1) is 11.2. The molecule has 0 aliphatic carbocycles. The highest BCUT2D eigenvalue weighted by atomic mass is 16.7. The Morgan fingerprint density at radius 3 is 2.73 bits per heavy atom. The van der Waals surface area contributed by atoms with Crippen molar-refractivity contribution in [2.45, 2.75) is 19.9 Å². The molecule has 0 aliphatic rings. The zero-order valence-corrected chi connectivity index (χ0v) is 8.31. The van der Waals surface area contributed by atoms with Crippen LogP contribution in [0.3, 0.4) is 0 Å². The normalized spacial score (nSPS) is 12.2. The highest BCUT2D eigenvalue weighted by Crippen LogP contribution is 1.83. The first-order valence-electron chi connectivity index (χ1n) is 4.22. The average Bonchev–Trinajstić information content (AvgIpc) is 2.13. The van der Waals surface area contributed by atoms with E-state index in [1.807, 2.05) is 4.98 Å². The van der Waals surface area contributed by atoms with Crippen LogP contribution in [0.25, 0.3) is 0 Å². The van der Waals surface area contributed by atoms with Crippen LogP contribution in [0.4, 0.5) is 0 Å². The third-order valence-electron chi connectivity index (χ3n) is 1.65. The Bertz CT molecular complexity index is 485. The van der Waals surface area contributed by atoms with Crippen LogP contribution in [0, 0.1) is 6.92 Å². The first-order valence-corrected chi connectivity index (χ1v) is 4.22. The number of H-pyrrole nitrogens is 1. The molecule has 0 aliphatic heterocycles. The van der Waals surface area contributed by atoms with Crippen LogP contribution >= 0.6 is 0 Å². The van der Waals surface area contributed by atoms with Gasteiger partial charge in [-0.15, -0.1) is 4.73 Å². The third kappa shape index (κ3) is 2.53. The van der Waals surface area contributed by atoms with Gasteiger partial charge in [-0.05, 0) is 13.8 Å². The maximum Gasteiger partial charge on any atom is 0.361 e. The standard InChI is InChI=1S/C8H11N3O4/c1-4-3-11(8(14)10-6(4)12)15-7(13)5(2)9/h3,5H,9H2,1-2H3,(H,10,12,14)/t5-/m0/s1. The first-order chi connectivity index (χ1) is 6.91. The largest absolute Gasteiger partial charge is 0.361 e. The van der Waals surface area contributed by atoms with Crippen LogP contribution in [-0.2, 0) is 4.79 Å². The fourth-order valence-corrected chi connectivity index (χ4v) is 0.792. The lowest BCUT2D eigenvalue weighted by Crippen LogP contribution is -2.41. The summed E-state index contributed by atoms with van der Waals surface area (Å²) in [6.45, 7) is 2.90. The topological polar surface area (TPSA) is 107 Å². The van der Waals surface area contributed by atoms with E-state index in [2.05, 4.69) is 4.84 Å². The van der Waals surface area contributed by atoms with E-state index in [0.29, 0.717) is 4.73 Å². The van der Waals surface area contributed by atoms with Gasteiger partial charge in [0.2, 0.25) is 0 Å². The Kier molecular flexibility index (Phi) is 3.05. The van der Waals surface area contributed by atoms with Gasteiger partial charge in [0.1, 0.15) is 6.04 Å². The monoisotopic (exact) mass is 213 g/mol. The predicted molar refractivity (Wildman–Crippen MR) is 51.3 cm³/mol. The van der Waals surface area contributed by atoms with E-state index in [4.69, 9.17) is 5.73 Å². The summed E-state index contributed by atoms with van der Waals surface area (Å²) in [4.78, 5) is 39.8. The van der Waals surface area contributed by atoms with Crippen molar-refractivity contribution in [3.63, 3.8) is 0 Å². The quantitative estimate of drug-likeness (QED) is 0.599. The zero-order chi connectivity index (χ0) is 11.6. The zero-order valence-electron chi connectivity index (χ0n) is 8.31. The maximum atomic E-state index is 11.1. The van der Waals surface area contributed by atoms with Gasteiger partial charge >= 0.3 is 11.7 Å². The number of carbonyl (C=O) groups is 1. The highest BCUT2D eigenvalue weighted by molar-refractivity contribution is 5.75. The van der Waals surface area contributed by atoms with Gasteiger partial charge in [0.05, 0.1) is 6.20 Å². The SMILES string of the molecule is Cc1cn(OC(=O)[C@H](C)N)c(=O)[nH]c1=O. The van der Waals surface area contributed by atoms with Crippen molar-refractivity contribution >= 4 is 5.97 Å². The fourth-order valence-electron chi connectivity index (χ4n) is 0.792. The summed E-state index contributed by atoms with van der Waals surface area (Å²) < 4.78 is 0.641. The molecule has 7 heteroatoms. The summed E-state index contributed by atoms with van der Waals surface area (Å²) in [6.07, 6.45) is 1.13. The average molecular weight is 213 g/mol. The van der Waals surface area contributed by atoms with Gasteiger partial charge in [-0.1, -0.05) is 0 Å². The number of aryl methyl sites for hydroxylation is 1. The van der Waals surface area contributed by atoms with Gasteiger partial charge in [0.15, 0.2) is 0 Å². The molecule has 0 fully saturated rings. The van der Waals surface area contributed by atoms with Crippen LogP contribution in [0.5, 0.6) is 0 Å². The third-order valence-corrected chi connectivity index (χ3v) is 1.65. The number of carbonyl (C=O) groups excluding carboxylic acids is 1. The Balaban J connectivity index is 3.07. The number of nitrogens with zero attached hydrogens (tertiary/aromatic N) is 1. The fraction of sp³-hybridized carbons (Fsp3) is 0.375. The van der Waals surface area contributed by atoms with E-state index in [9.17, 15) is 14.4 Å². The Morgan fingerprint density at radius 1 is 1.60 bits per heavy atom. The Morgan fingerprint density at radius 2 is 2.20 bits per heavy atom. The summed E-state index contributed by atoms with van der Waals surface area (Å²) in [5.41, 5.74) is 4.16. The van der Waals surface area contributed by atoms with Gasteiger partial charge in [-0.3, -0.25) is 9.78 Å². The summed E-state index contributed by atoms with van der Waals surface area (Å²) in [5, 5.41) is 0. The summed E-state index contributed by atoms with van der Waals surface area (Å²) in [7, 11) is 0. The molecule has 7 nitrogen and oxygen atoms in total. The molecule has 82 valence electrons. The van der Waals surface area contributed by atoms with Crippen molar-refractivity contribution in [3.05, 3.63) is 32.6 Å². The van der Waals surface area contributed by atoms with Gasteiger partial charge in [0, 0.05) is 5.56 Å². The number of aromatic nitrogens is 2. The second-order valence-corrected chi connectivity index (χ2v) is 3.10. The van der Waals surface area contributed by atoms with Crippen molar-refractivity contribution in [3.8, 4) is 0 Å². The minimum atomic E-state index is -0.843. The number of aromatic amines is 1. The van der Waals surface area contributed by atoms with Crippen molar-refractivity contribution in [2.24, 2.45) is 5.73 Å². The molecule has 3 N–H and O–H groups in total. The lowest BCUT2D eigenvalue weighted by molar-refractivity contribution is -0.145. The molecule has 1 rings (SSSR count). The lowest BCUT2D eigenvalue weighted by atomic mass is 10.4. The molecule has 1 aromatic heterocycles. The Labute approximate surface area is 84.4 Å². The summed E-state index contributed by atoms with van der Waals surface area (Å²) in [6, 6.07) is -0.843. The van der Waals surface area contributed by atoms with Gasteiger partial charge in [-0.25, -0.2) is 9.59 Å². The molecular formula is C8H11N3O4. The highest BCUT2D eigenvalue weighted by Gasteiger charge is 2.11. The number of hydrogen-bond donors (Lipinski definition) is 2. The smallest absolute Gasteiger partial charge is 0.330 e. The molecule has 0 saturated heterocycles. The second-order valence-electron chi connectivity index (χ2n) is 3.10. The van der Waals surface area contributed by atoms with E-state index in [-0.39, 0.29) is 5.56 Å². The molecule has 0 unspecified atom stereocenters. The number of nitrogens with one attached hydrogen (secondary N) is 1. The van der Waals surface area contributed by atoms with E-state index in [1.165, 1.54) is 13.8 Å². The van der Waals surface area contributed by atoms with Gasteiger partial charge in [0.25, 0.3) is 5.56 Å². The molecule has 1 aromatic rings. The van der Waals surface area contributed by atoms with Crippen LogP contribution in [-0.4, -0.2) is 21.7 Å². The van der Waals surface area contributed by atoms with Gasteiger partial charge in [-0.2, -0.15) is 0 Å². The molecule has 0 bridgehead atoms. The van der Waals surface area contributed by atoms with Crippen LogP contribution in [0.15, 0.2) is 15.8 Å². The maximum absolute atomic E-state index is 11.1. The number of rotatable bonds is 2. The van der Waals surface area contributed by atoms with Crippen molar-refractivity contribution in [1.82, 2.24) is 9.71 Å². The molecule has 0 amide bonds. The number of nitrogens with two attached hydrogens (primary N) is 1. The van der Waals surface area contributed by atoms with Crippen LogP contribution in [0.2, 0.25) is 0 Å². The van der Waals surface area contributed by atoms with Crippen molar-refractivity contribution in [1.29, 1.82) is 0 Å². The molecule has 1 heterocycles. The molecule has 0 radical (unpaired) electrons. The van der Waals surface area contributed by atoms with Gasteiger partial charge < -0.3 is 10.6 Å². The van der Waals surface area contributed by atoms with Crippen LogP contribution < -0.4 is 21.8 Å². The minimum absolute atomic E-state index is 0.257. The predicted octanol–water partition coefficient (Wildman–Crippen LogP) is -1.85.